The fourth-order valence-corrected chi connectivity index (χ4v) is 1.11. The summed E-state index contributed by atoms with van der Waals surface area (Å²) in [4.78, 5) is 23.8. The molecule has 0 rings (SSSR count). The SMILES string of the molecule is COCCN(C(=O)N[C@H](C)C(=O)O)C(C)C. The minimum absolute atomic E-state index is 0.00357. The molecule has 0 aliphatic heterocycles. The molecular weight excluding hydrogens is 212 g/mol. The second-order valence-corrected chi connectivity index (χ2v) is 3.79. The molecule has 0 saturated heterocycles. The van der Waals surface area contributed by atoms with Gasteiger partial charge in [-0.15, -0.1) is 0 Å². The van der Waals surface area contributed by atoms with Gasteiger partial charge in [0.1, 0.15) is 6.04 Å². The van der Waals surface area contributed by atoms with Crippen molar-refractivity contribution in [3.63, 3.8) is 0 Å². The van der Waals surface area contributed by atoms with E-state index in [0.717, 1.165) is 0 Å². The van der Waals surface area contributed by atoms with Crippen molar-refractivity contribution in [3.8, 4) is 0 Å². The molecule has 0 aromatic rings. The summed E-state index contributed by atoms with van der Waals surface area (Å²) in [6.07, 6.45) is 0. The summed E-state index contributed by atoms with van der Waals surface area (Å²) in [6, 6.07) is -1.28. The molecule has 2 amide bonds. The van der Waals surface area contributed by atoms with Crippen molar-refractivity contribution in [3.05, 3.63) is 0 Å². The number of nitrogens with one attached hydrogen (secondary N) is 1. The number of methoxy groups -OCH3 is 1. The Morgan fingerprint density at radius 3 is 2.31 bits per heavy atom. The Kier molecular flexibility index (Phi) is 6.48. The quantitative estimate of drug-likeness (QED) is 0.700. The lowest BCUT2D eigenvalue weighted by Gasteiger charge is -2.27. The molecule has 2 N–H and O–H groups in total. The molecular formula is C10H20N2O4. The number of carbonyl (C=O) groups excluding carboxylic acids is 1. The third kappa shape index (κ3) is 4.97. The van der Waals surface area contributed by atoms with Crippen LogP contribution < -0.4 is 5.32 Å². The van der Waals surface area contributed by atoms with E-state index in [2.05, 4.69) is 5.32 Å². The number of nitrogens with zero attached hydrogens (tertiary/aromatic N) is 1. The zero-order valence-corrected chi connectivity index (χ0v) is 10.2. The van der Waals surface area contributed by atoms with Crippen molar-refractivity contribution in [1.29, 1.82) is 0 Å². The van der Waals surface area contributed by atoms with Gasteiger partial charge in [0.15, 0.2) is 0 Å². The number of carboxylic acids is 1. The van der Waals surface area contributed by atoms with Crippen LogP contribution in [-0.2, 0) is 9.53 Å². The van der Waals surface area contributed by atoms with E-state index in [0.29, 0.717) is 13.2 Å². The van der Waals surface area contributed by atoms with Gasteiger partial charge in [0.2, 0.25) is 0 Å². The van der Waals surface area contributed by atoms with Crippen molar-refractivity contribution >= 4 is 12.0 Å². The molecule has 0 saturated carbocycles. The number of carboxylic acid groups (broad SMARTS) is 1. The maximum atomic E-state index is 11.7. The number of amides is 2. The van der Waals surface area contributed by atoms with Crippen LogP contribution in [0.15, 0.2) is 0 Å². The molecule has 16 heavy (non-hydrogen) atoms. The number of carbonyl (C=O) groups is 2. The van der Waals surface area contributed by atoms with E-state index in [1.165, 1.54) is 11.8 Å². The Morgan fingerprint density at radius 2 is 1.94 bits per heavy atom. The summed E-state index contributed by atoms with van der Waals surface area (Å²) in [5.74, 6) is -1.05. The number of aliphatic carboxylic acids is 1. The van der Waals surface area contributed by atoms with Crippen molar-refractivity contribution in [2.24, 2.45) is 0 Å². The molecule has 0 aromatic carbocycles. The first-order chi connectivity index (χ1) is 7.40. The van der Waals surface area contributed by atoms with E-state index in [-0.39, 0.29) is 12.1 Å². The highest BCUT2D eigenvalue weighted by molar-refractivity contribution is 5.82. The summed E-state index contributed by atoms with van der Waals surface area (Å²) in [6.45, 7) is 6.01. The van der Waals surface area contributed by atoms with E-state index in [1.54, 1.807) is 7.11 Å². The van der Waals surface area contributed by atoms with Gasteiger partial charge in [-0.25, -0.2) is 4.79 Å². The third-order valence-electron chi connectivity index (χ3n) is 2.13. The Hall–Kier alpha value is -1.30. The zero-order valence-electron chi connectivity index (χ0n) is 10.2. The standard InChI is InChI=1S/C10H20N2O4/c1-7(2)12(5-6-16-4)10(15)11-8(3)9(13)14/h7-8H,5-6H2,1-4H3,(H,11,15)(H,13,14)/t8-/m1/s1. The van der Waals surface area contributed by atoms with Crippen LogP contribution in [0.3, 0.4) is 0 Å². The highest BCUT2D eigenvalue weighted by Crippen LogP contribution is 1.99. The van der Waals surface area contributed by atoms with Gasteiger partial charge in [0.25, 0.3) is 0 Å². The van der Waals surface area contributed by atoms with Crippen LogP contribution in [0.25, 0.3) is 0 Å². The lowest BCUT2D eigenvalue weighted by molar-refractivity contribution is -0.138. The fourth-order valence-electron chi connectivity index (χ4n) is 1.11. The molecule has 6 nitrogen and oxygen atoms in total. The molecule has 0 bridgehead atoms. The highest BCUT2D eigenvalue weighted by Gasteiger charge is 2.20. The summed E-state index contributed by atoms with van der Waals surface area (Å²) in [5.41, 5.74) is 0. The van der Waals surface area contributed by atoms with Crippen LogP contribution in [0.2, 0.25) is 0 Å². The van der Waals surface area contributed by atoms with Crippen LogP contribution in [0.5, 0.6) is 0 Å². The van der Waals surface area contributed by atoms with Gasteiger partial charge in [-0.3, -0.25) is 4.79 Å². The summed E-state index contributed by atoms with van der Waals surface area (Å²) in [7, 11) is 1.55. The fraction of sp³-hybridized carbons (Fsp3) is 0.800. The summed E-state index contributed by atoms with van der Waals surface area (Å²) < 4.78 is 4.89. The second kappa shape index (κ2) is 7.05. The molecule has 0 fully saturated rings. The van der Waals surface area contributed by atoms with E-state index in [4.69, 9.17) is 9.84 Å². The van der Waals surface area contributed by atoms with Crippen LogP contribution in [0.1, 0.15) is 20.8 Å². The first-order valence-corrected chi connectivity index (χ1v) is 5.19. The smallest absolute Gasteiger partial charge is 0.325 e. The van der Waals surface area contributed by atoms with E-state index in [9.17, 15) is 9.59 Å². The molecule has 0 aliphatic rings. The average molecular weight is 232 g/mol. The maximum Gasteiger partial charge on any atom is 0.325 e. The van der Waals surface area contributed by atoms with Gasteiger partial charge in [0, 0.05) is 19.7 Å². The number of urea groups is 1. The van der Waals surface area contributed by atoms with Crippen LogP contribution in [0.4, 0.5) is 4.79 Å². The van der Waals surface area contributed by atoms with Crippen molar-refractivity contribution in [2.75, 3.05) is 20.3 Å². The molecule has 0 unspecified atom stereocenters. The molecule has 0 aliphatic carbocycles. The van der Waals surface area contributed by atoms with Crippen molar-refractivity contribution in [1.82, 2.24) is 10.2 Å². The van der Waals surface area contributed by atoms with Crippen molar-refractivity contribution < 1.29 is 19.4 Å². The lowest BCUT2D eigenvalue weighted by atomic mass is 10.3. The monoisotopic (exact) mass is 232 g/mol. The van der Waals surface area contributed by atoms with E-state index < -0.39 is 12.0 Å². The second-order valence-electron chi connectivity index (χ2n) is 3.79. The van der Waals surface area contributed by atoms with Gasteiger partial charge >= 0.3 is 12.0 Å². The normalized spacial score (nSPS) is 12.3. The molecule has 1 atom stereocenters. The molecule has 0 radical (unpaired) electrons. The Bertz CT molecular complexity index is 243. The summed E-state index contributed by atoms with van der Waals surface area (Å²) >= 11 is 0. The van der Waals surface area contributed by atoms with Gasteiger partial charge in [-0.1, -0.05) is 0 Å². The molecule has 0 aromatic heterocycles. The number of hydrogen-bond acceptors (Lipinski definition) is 3. The average Bonchev–Trinajstić information content (AvgIpc) is 2.17. The molecule has 6 heteroatoms. The van der Waals surface area contributed by atoms with Crippen molar-refractivity contribution in [2.45, 2.75) is 32.9 Å². The van der Waals surface area contributed by atoms with Gasteiger partial charge < -0.3 is 20.1 Å². The lowest BCUT2D eigenvalue weighted by Crippen LogP contribution is -2.50. The topological polar surface area (TPSA) is 78.9 Å². The Balaban J connectivity index is 4.32. The van der Waals surface area contributed by atoms with Crippen LogP contribution >= 0.6 is 0 Å². The minimum Gasteiger partial charge on any atom is -0.480 e. The molecule has 0 heterocycles. The minimum atomic E-state index is -1.05. The Labute approximate surface area is 95.6 Å². The van der Waals surface area contributed by atoms with Gasteiger partial charge in [0.05, 0.1) is 6.61 Å². The first kappa shape index (κ1) is 14.7. The Morgan fingerprint density at radius 1 is 1.38 bits per heavy atom. The highest BCUT2D eigenvalue weighted by atomic mass is 16.5. The number of ether oxygens (including phenoxy) is 1. The third-order valence-corrected chi connectivity index (χ3v) is 2.13. The first-order valence-electron chi connectivity index (χ1n) is 5.19. The number of rotatable bonds is 6. The van der Waals surface area contributed by atoms with Crippen LogP contribution in [0, 0.1) is 0 Å². The van der Waals surface area contributed by atoms with E-state index in [1.807, 2.05) is 13.8 Å². The van der Waals surface area contributed by atoms with Gasteiger partial charge in [-0.05, 0) is 20.8 Å². The predicted octanol–water partition coefficient (Wildman–Crippen LogP) is 0.526. The predicted molar refractivity (Wildman–Crippen MR) is 59.3 cm³/mol. The molecule has 94 valence electrons. The van der Waals surface area contributed by atoms with Gasteiger partial charge in [-0.2, -0.15) is 0 Å². The van der Waals surface area contributed by atoms with Crippen LogP contribution in [-0.4, -0.2) is 54.4 Å². The largest absolute Gasteiger partial charge is 0.480 e. The summed E-state index contributed by atoms with van der Waals surface area (Å²) in [5, 5.41) is 11.1. The number of hydrogen-bond donors (Lipinski definition) is 2. The molecule has 0 spiro atoms. The zero-order chi connectivity index (χ0) is 12.7. The maximum absolute atomic E-state index is 11.7. The van der Waals surface area contributed by atoms with E-state index >= 15 is 0 Å².